The van der Waals surface area contributed by atoms with Crippen molar-refractivity contribution in [3.05, 3.63) is 56.2 Å². The summed E-state index contributed by atoms with van der Waals surface area (Å²) in [5, 5.41) is 6.94. The number of carbonyl (C=O) groups excluding carboxylic acids is 1. The zero-order chi connectivity index (χ0) is 12.3. The van der Waals surface area contributed by atoms with Gasteiger partial charge < -0.3 is 5.32 Å². The fourth-order valence-electron chi connectivity index (χ4n) is 1.46. The number of hydrogen-bond acceptors (Lipinski definition) is 2. The van der Waals surface area contributed by atoms with Crippen LogP contribution in [0, 0.1) is 6.92 Å². The third-order valence-electron chi connectivity index (χ3n) is 2.45. The highest BCUT2D eigenvalue weighted by Gasteiger charge is 2.06. The Bertz CT molecular complexity index is 522. The molecule has 0 spiro atoms. The lowest BCUT2D eigenvalue weighted by Crippen LogP contribution is -2.22. The molecule has 0 radical (unpaired) electrons. The monoisotopic (exact) mass is 309 g/mol. The molecular formula is C13H12BrNOS. The van der Waals surface area contributed by atoms with Gasteiger partial charge in [0.25, 0.3) is 5.91 Å². The molecule has 2 aromatic rings. The molecule has 0 aliphatic heterocycles. The Hall–Kier alpha value is -1.13. The van der Waals surface area contributed by atoms with Gasteiger partial charge in [0.1, 0.15) is 0 Å². The summed E-state index contributed by atoms with van der Waals surface area (Å²) in [6.45, 7) is 2.55. The molecule has 17 heavy (non-hydrogen) atoms. The van der Waals surface area contributed by atoms with Crippen LogP contribution in [0.3, 0.4) is 0 Å². The molecule has 1 amide bonds. The molecule has 0 bridgehead atoms. The molecule has 0 unspecified atom stereocenters. The van der Waals surface area contributed by atoms with Crippen molar-refractivity contribution in [2.75, 3.05) is 0 Å². The van der Waals surface area contributed by atoms with Crippen LogP contribution in [0.25, 0.3) is 0 Å². The minimum atomic E-state index is -0.0354. The molecule has 1 N–H and O–H groups in total. The lowest BCUT2D eigenvalue weighted by Gasteiger charge is -2.05. The van der Waals surface area contributed by atoms with Crippen LogP contribution < -0.4 is 5.32 Å². The van der Waals surface area contributed by atoms with Crippen molar-refractivity contribution in [2.45, 2.75) is 13.5 Å². The number of benzene rings is 1. The Kier molecular flexibility index (Phi) is 3.97. The van der Waals surface area contributed by atoms with E-state index < -0.39 is 0 Å². The van der Waals surface area contributed by atoms with Crippen LogP contribution in [-0.4, -0.2) is 5.91 Å². The number of halogens is 1. The molecule has 0 fully saturated rings. The van der Waals surface area contributed by atoms with Crippen LogP contribution in [-0.2, 0) is 6.54 Å². The van der Waals surface area contributed by atoms with Gasteiger partial charge in [0.2, 0.25) is 0 Å². The molecule has 0 saturated heterocycles. The van der Waals surface area contributed by atoms with Gasteiger partial charge in [-0.15, -0.1) is 0 Å². The van der Waals surface area contributed by atoms with Gasteiger partial charge in [-0.05, 0) is 53.1 Å². The first-order valence-corrected chi connectivity index (χ1v) is 6.96. The number of aryl methyl sites for hydroxylation is 1. The molecule has 0 aliphatic rings. The molecule has 88 valence electrons. The van der Waals surface area contributed by atoms with Crippen LogP contribution in [0.5, 0.6) is 0 Å². The maximum atomic E-state index is 11.9. The third kappa shape index (κ3) is 3.17. The second-order valence-electron chi connectivity index (χ2n) is 3.78. The molecule has 1 aromatic carbocycles. The molecule has 2 nitrogen and oxygen atoms in total. The molecule has 4 heteroatoms. The highest BCUT2D eigenvalue weighted by atomic mass is 79.9. The van der Waals surface area contributed by atoms with E-state index in [0.29, 0.717) is 12.1 Å². The maximum Gasteiger partial charge on any atom is 0.251 e. The summed E-state index contributed by atoms with van der Waals surface area (Å²) in [4.78, 5) is 11.9. The summed E-state index contributed by atoms with van der Waals surface area (Å²) in [6.07, 6.45) is 0. The first-order valence-electron chi connectivity index (χ1n) is 5.22. The van der Waals surface area contributed by atoms with Crippen molar-refractivity contribution in [2.24, 2.45) is 0 Å². The van der Waals surface area contributed by atoms with Crippen molar-refractivity contribution in [3.8, 4) is 0 Å². The average Bonchev–Trinajstić information content (AvgIpc) is 2.82. The number of thiophene rings is 1. The van der Waals surface area contributed by atoms with Gasteiger partial charge in [0.15, 0.2) is 0 Å². The zero-order valence-corrected chi connectivity index (χ0v) is 11.8. The third-order valence-corrected chi connectivity index (χ3v) is 4.08. The first-order chi connectivity index (χ1) is 8.16. The number of hydrogen-bond donors (Lipinski definition) is 1. The van der Waals surface area contributed by atoms with Crippen LogP contribution in [0.2, 0.25) is 0 Å². The zero-order valence-electron chi connectivity index (χ0n) is 9.37. The summed E-state index contributed by atoms with van der Waals surface area (Å²) in [7, 11) is 0. The van der Waals surface area contributed by atoms with E-state index in [0.717, 1.165) is 15.6 Å². The largest absolute Gasteiger partial charge is 0.348 e. The van der Waals surface area contributed by atoms with E-state index in [-0.39, 0.29) is 5.91 Å². The van der Waals surface area contributed by atoms with Crippen LogP contribution in [0.4, 0.5) is 0 Å². The van der Waals surface area contributed by atoms with E-state index in [1.54, 1.807) is 11.3 Å². The maximum absolute atomic E-state index is 11.9. The molecule has 0 aliphatic carbocycles. The van der Waals surface area contributed by atoms with Gasteiger partial charge in [-0.25, -0.2) is 0 Å². The fraction of sp³-hybridized carbons (Fsp3) is 0.154. The van der Waals surface area contributed by atoms with Crippen molar-refractivity contribution in [3.63, 3.8) is 0 Å². The Balaban J connectivity index is 2.02. The molecule has 1 aromatic heterocycles. The number of nitrogens with one attached hydrogen (secondary N) is 1. The molecule has 0 saturated carbocycles. The second-order valence-corrected chi connectivity index (χ2v) is 5.41. The van der Waals surface area contributed by atoms with Crippen LogP contribution in [0.15, 0.2) is 39.5 Å². The molecular weight excluding hydrogens is 298 g/mol. The van der Waals surface area contributed by atoms with Gasteiger partial charge in [-0.1, -0.05) is 15.9 Å². The van der Waals surface area contributed by atoms with Crippen LogP contribution in [0.1, 0.15) is 21.5 Å². The summed E-state index contributed by atoms with van der Waals surface area (Å²) in [5.74, 6) is -0.0354. The van der Waals surface area contributed by atoms with Gasteiger partial charge in [-0.3, -0.25) is 4.79 Å². The van der Waals surface area contributed by atoms with Gasteiger partial charge >= 0.3 is 0 Å². The first kappa shape index (κ1) is 12.3. The number of carbonyl (C=O) groups is 1. The lowest BCUT2D eigenvalue weighted by atomic mass is 10.1. The van der Waals surface area contributed by atoms with E-state index in [2.05, 4.69) is 21.2 Å². The highest BCUT2D eigenvalue weighted by Crippen LogP contribution is 2.17. The van der Waals surface area contributed by atoms with E-state index in [1.165, 1.54) is 0 Å². The van der Waals surface area contributed by atoms with E-state index in [4.69, 9.17) is 0 Å². The summed E-state index contributed by atoms with van der Waals surface area (Å²) in [5.41, 5.74) is 2.89. The topological polar surface area (TPSA) is 29.1 Å². The summed E-state index contributed by atoms with van der Waals surface area (Å²) in [6, 6.07) is 7.61. The van der Waals surface area contributed by atoms with E-state index in [9.17, 15) is 4.79 Å². The second kappa shape index (κ2) is 5.47. The molecule has 2 rings (SSSR count). The number of rotatable bonds is 3. The van der Waals surface area contributed by atoms with Crippen molar-refractivity contribution in [1.82, 2.24) is 5.32 Å². The Morgan fingerprint density at radius 2 is 2.24 bits per heavy atom. The average molecular weight is 310 g/mol. The fourth-order valence-corrected chi connectivity index (χ4v) is 2.38. The van der Waals surface area contributed by atoms with Gasteiger partial charge in [0, 0.05) is 16.6 Å². The van der Waals surface area contributed by atoms with Gasteiger partial charge in [0.05, 0.1) is 0 Å². The lowest BCUT2D eigenvalue weighted by molar-refractivity contribution is 0.0951. The van der Waals surface area contributed by atoms with Crippen molar-refractivity contribution < 1.29 is 4.79 Å². The predicted octanol–water partition coefficient (Wildman–Crippen LogP) is 3.75. The van der Waals surface area contributed by atoms with Gasteiger partial charge in [-0.2, -0.15) is 11.3 Å². The quantitative estimate of drug-likeness (QED) is 0.919. The smallest absolute Gasteiger partial charge is 0.251 e. The minimum Gasteiger partial charge on any atom is -0.348 e. The van der Waals surface area contributed by atoms with Crippen LogP contribution >= 0.6 is 27.3 Å². The van der Waals surface area contributed by atoms with Crippen molar-refractivity contribution in [1.29, 1.82) is 0 Å². The number of amides is 1. The molecule has 0 atom stereocenters. The Labute approximate surface area is 113 Å². The highest BCUT2D eigenvalue weighted by molar-refractivity contribution is 9.10. The standard InChI is InChI=1S/C13H12BrNOS/c1-9-6-11(2-3-12(9)14)13(16)15-7-10-4-5-17-8-10/h2-6,8H,7H2,1H3,(H,15,16). The molecule has 1 heterocycles. The van der Waals surface area contributed by atoms with E-state index >= 15 is 0 Å². The Morgan fingerprint density at radius 1 is 1.41 bits per heavy atom. The SMILES string of the molecule is Cc1cc(C(=O)NCc2ccsc2)ccc1Br. The summed E-state index contributed by atoms with van der Waals surface area (Å²) >= 11 is 5.05. The van der Waals surface area contributed by atoms with E-state index in [1.807, 2.05) is 41.9 Å². The minimum absolute atomic E-state index is 0.0354. The predicted molar refractivity (Wildman–Crippen MR) is 74.4 cm³/mol. The normalized spacial score (nSPS) is 10.2. The summed E-state index contributed by atoms with van der Waals surface area (Å²) < 4.78 is 1.02. The van der Waals surface area contributed by atoms with Crippen molar-refractivity contribution >= 4 is 33.2 Å². The Morgan fingerprint density at radius 3 is 2.88 bits per heavy atom.